The number of fused-ring (bicyclic) bond motifs is 1. The van der Waals surface area contributed by atoms with Gasteiger partial charge in [0.05, 0.1) is 16.9 Å². The highest BCUT2D eigenvalue weighted by Gasteiger charge is 2.14. The summed E-state index contributed by atoms with van der Waals surface area (Å²) in [6, 6.07) is 7.37. The quantitative estimate of drug-likeness (QED) is 0.354. The zero-order chi connectivity index (χ0) is 15.9. The van der Waals surface area contributed by atoms with Crippen molar-refractivity contribution in [1.82, 2.24) is 0 Å². The van der Waals surface area contributed by atoms with E-state index in [1.807, 2.05) is 25.1 Å². The van der Waals surface area contributed by atoms with Crippen LogP contribution in [0.4, 0.5) is 5.69 Å². The summed E-state index contributed by atoms with van der Waals surface area (Å²) in [4.78, 5) is 0.431. The van der Waals surface area contributed by atoms with Crippen molar-refractivity contribution in [2.45, 2.75) is 11.8 Å². The van der Waals surface area contributed by atoms with Crippen molar-refractivity contribution in [3.05, 3.63) is 29.8 Å². The Kier molecular flexibility index (Phi) is 5.78. The maximum atomic E-state index is 10.4. The number of benzene rings is 2. The van der Waals surface area contributed by atoms with Crippen LogP contribution in [0.1, 0.15) is 5.56 Å². The minimum atomic E-state index is -0.0394. The number of hydrogen-bond donors (Lipinski definition) is 2. The van der Waals surface area contributed by atoms with E-state index in [2.05, 4.69) is 29.8 Å². The van der Waals surface area contributed by atoms with Crippen LogP contribution in [0.2, 0.25) is 0 Å². The molecule has 0 fully saturated rings. The van der Waals surface area contributed by atoms with E-state index in [9.17, 15) is 5.11 Å². The maximum absolute atomic E-state index is 10.4. The van der Waals surface area contributed by atoms with Crippen molar-refractivity contribution in [3.8, 4) is 5.75 Å². The fraction of sp³-hybridized carbons (Fsp3) is 0.231. The maximum Gasteiger partial charge on any atom is 0.171 e. The Balaban J connectivity index is 2.52. The number of rotatable bonds is 6. The molecule has 22 heavy (non-hydrogen) atoms. The first kappa shape index (κ1) is 16.3. The standard InChI is InChI=1S/C13H14N4O4S/c1-8-3-4-9-6-11(22-21-20-19)12(13(18)10(9)5-8)17-16-7-15-14-2/h3-6,18-19H,7H2,1-2H3. The molecule has 0 amide bonds. The molecule has 8 nitrogen and oxygen atoms in total. The van der Waals surface area contributed by atoms with Crippen molar-refractivity contribution in [2.24, 2.45) is 20.5 Å². The summed E-state index contributed by atoms with van der Waals surface area (Å²) in [5.41, 5.74) is 1.20. The van der Waals surface area contributed by atoms with Crippen molar-refractivity contribution >= 4 is 28.5 Å². The van der Waals surface area contributed by atoms with Crippen molar-refractivity contribution in [1.29, 1.82) is 0 Å². The van der Waals surface area contributed by atoms with Gasteiger partial charge in [0.1, 0.15) is 5.69 Å². The lowest BCUT2D eigenvalue weighted by molar-refractivity contribution is -0.432. The predicted molar refractivity (Wildman–Crippen MR) is 81.2 cm³/mol. The first-order valence-electron chi connectivity index (χ1n) is 6.21. The smallest absolute Gasteiger partial charge is 0.171 e. The third kappa shape index (κ3) is 3.77. The molecule has 2 aromatic rings. The van der Waals surface area contributed by atoms with Crippen LogP contribution in [-0.2, 0) is 9.37 Å². The fourth-order valence-electron chi connectivity index (χ4n) is 1.86. The van der Waals surface area contributed by atoms with Gasteiger partial charge in [-0.25, -0.2) is 5.26 Å². The second kappa shape index (κ2) is 7.80. The van der Waals surface area contributed by atoms with E-state index in [1.54, 1.807) is 6.07 Å². The van der Waals surface area contributed by atoms with Crippen LogP contribution in [0.3, 0.4) is 0 Å². The number of nitrogens with zero attached hydrogens (tertiary/aromatic N) is 4. The molecule has 0 aromatic heterocycles. The van der Waals surface area contributed by atoms with Gasteiger partial charge in [0.25, 0.3) is 0 Å². The van der Waals surface area contributed by atoms with E-state index < -0.39 is 0 Å². The van der Waals surface area contributed by atoms with Crippen LogP contribution in [0.5, 0.6) is 5.75 Å². The lowest BCUT2D eigenvalue weighted by Crippen LogP contribution is -1.84. The molecule has 0 aliphatic rings. The van der Waals surface area contributed by atoms with E-state index in [0.29, 0.717) is 22.3 Å². The third-order valence-electron chi connectivity index (χ3n) is 2.80. The van der Waals surface area contributed by atoms with E-state index in [4.69, 9.17) is 5.26 Å². The van der Waals surface area contributed by atoms with Crippen molar-refractivity contribution < 1.29 is 19.7 Å². The van der Waals surface area contributed by atoms with Crippen molar-refractivity contribution in [2.75, 3.05) is 13.7 Å². The Hall–Kier alpha value is -2.07. The van der Waals surface area contributed by atoms with E-state index in [-0.39, 0.29) is 18.1 Å². The number of phenols is 1. The van der Waals surface area contributed by atoms with Gasteiger partial charge >= 0.3 is 0 Å². The first-order valence-corrected chi connectivity index (χ1v) is 6.95. The van der Waals surface area contributed by atoms with Gasteiger partial charge in [-0.1, -0.05) is 22.7 Å². The molecular formula is C13H14N4O4S. The van der Waals surface area contributed by atoms with Gasteiger partial charge in [-0.15, -0.1) is 9.45 Å². The van der Waals surface area contributed by atoms with Crippen LogP contribution in [-0.4, -0.2) is 24.1 Å². The normalized spacial score (nSPS) is 12.0. The van der Waals surface area contributed by atoms with E-state index in [1.165, 1.54) is 7.05 Å². The van der Waals surface area contributed by atoms with Gasteiger partial charge in [0.2, 0.25) is 0 Å². The number of hydrogen-bond acceptors (Lipinski definition) is 9. The molecule has 0 atom stereocenters. The Morgan fingerprint density at radius 2 is 2.05 bits per heavy atom. The Labute approximate surface area is 130 Å². The molecule has 2 aromatic carbocycles. The molecule has 0 bridgehead atoms. The summed E-state index contributed by atoms with van der Waals surface area (Å²) in [7, 11) is 1.53. The molecule has 0 unspecified atom stereocenters. The molecular weight excluding hydrogens is 308 g/mol. The molecule has 0 radical (unpaired) electrons. The van der Waals surface area contributed by atoms with Gasteiger partial charge in [-0.05, 0) is 24.4 Å². The molecule has 0 aliphatic heterocycles. The Morgan fingerprint density at radius 1 is 1.23 bits per heavy atom. The second-order valence-electron chi connectivity index (χ2n) is 4.25. The minimum absolute atomic E-state index is 0.0394. The third-order valence-corrected chi connectivity index (χ3v) is 3.42. The summed E-state index contributed by atoms with van der Waals surface area (Å²) < 4.78 is 4.43. The number of aryl methyl sites for hydroxylation is 1. The molecule has 2 N–H and O–H groups in total. The van der Waals surface area contributed by atoms with Crippen molar-refractivity contribution in [3.63, 3.8) is 0 Å². The predicted octanol–water partition coefficient (Wildman–Crippen LogP) is 4.41. The molecule has 0 aliphatic carbocycles. The largest absolute Gasteiger partial charge is 0.505 e. The first-order chi connectivity index (χ1) is 10.7. The zero-order valence-corrected chi connectivity index (χ0v) is 12.7. The zero-order valence-electron chi connectivity index (χ0n) is 11.9. The average Bonchev–Trinajstić information content (AvgIpc) is 2.52. The van der Waals surface area contributed by atoms with Crippen LogP contribution in [0, 0.1) is 6.92 Å². The highest BCUT2D eigenvalue weighted by Crippen LogP contribution is 2.43. The number of phenolic OH excluding ortho intramolecular Hbond substituents is 1. The summed E-state index contributed by atoms with van der Waals surface area (Å²) in [5, 5.41) is 38.7. The highest BCUT2D eigenvalue weighted by atomic mass is 32.2. The Morgan fingerprint density at radius 3 is 2.77 bits per heavy atom. The molecule has 0 spiro atoms. The second-order valence-corrected chi connectivity index (χ2v) is 4.99. The lowest BCUT2D eigenvalue weighted by Gasteiger charge is -2.09. The summed E-state index contributed by atoms with van der Waals surface area (Å²) in [6.45, 7) is 1.97. The van der Waals surface area contributed by atoms with Crippen LogP contribution in [0.15, 0.2) is 49.6 Å². The average molecular weight is 322 g/mol. The monoisotopic (exact) mass is 322 g/mol. The van der Waals surface area contributed by atoms with E-state index >= 15 is 0 Å². The summed E-state index contributed by atoms with van der Waals surface area (Å²) in [6.07, 6.45) is 0. The fourth-order valence-corrected chi connectivity index (χ4v) is 2.36. The topological polar surface area (TPSA) is 108 Å². The minimum Gasteiger partial charge on any atom is -0.505 e. The van der Waals surface area contributed by atoms with Crippen LogP contribution in [0.25, 0.3) is 10.8 Å². The highest BCUT2D eigenvalue weighted by molar-refractivity contribution is 7.94. The summed E-state index contributed by atoms with van der Waals surface area (Å²) >= 11 is 0.704. The summed E-state index contributed by atoms with van der Waals surface area (Å²) in [5.74, 6) is -0.0394. The molecule has 2 rings (SSSR count). The molecule has 0 saturated heterocycles. The van der Waals surface area contributed by atoms with Gasteiger partial charge in [0.15, 0.2) is 12.4 Å². The van der Waals surface area contributed by atoms with Gasteiger partial charge in [0, 0.05) is 12.4 Å². The molecule has 0 heterocycles. The SMILES string of the molecule is CN=NCN=Nc1c(SOOO)cc2ccc(C)cc2c1O. The van der Waals surface area contributed by atoms with Gasteiger partial charge in [-0.3, -0.25) is 0 Å². The molecule has 116 valence electrons. The molecule has 9 heteroatoms. The molecule has 0 saturated carbocycles. The number of aromatic hydroxyl groups is 1. The Bertz CT molecular complexity index is 721. The van der Waals surface area contributed by atoms with Crippen LogP contribution < -0.4 is 0 Å². The van der Waals surface area contributed by atoms with Crippen LogP contribution >= 0.6 is 12.0 Å². The lowest BCUT2D eigenvalue weighted by atomic mass is 10.1. The van der Waals surface area contributed by atoms with E-state index in [0.717, 1.165) is 10.9 Å². The number of azo groups is 2. The van der Waals surface area contributed by atoms with Gasteiger partial charge in [-0.2, -0.15) is 15.3 Å². The van der Waals surface area contributed by atoms with Gasteiger partial charge < -0.3 is 5.11 Å².